The summed E-state index contributed by atoms with van der Waals surface area (Å²) < 4.78 is 38.2. The summed E-state index contributed by atoms with van der Waals surface area (Å²) in [7, 11) is 0. The molecule has 6 heteroatoms. The third kappa shape index (κ3) is 3.49. The molecule has 2 atom stereocenters. The summed E-state index contributed by atoms with van der Waals surface area (Å²) in [5.41, 5.74) is -1.76. The van der Waals surface area contributed by atoms with Crippen LogP contribution in [0.5, 0.6) is 0 Å². The molecule has 20 heavy (non-hydrogen) atoms. The molecule has 0 amide bonds. The summed E-state index contributed by atoms with van der Waals surface area (Å²) >= 11 is 0. The Morgan fingerprint density at radius 2 is 2.15 bits per heavy atom. The molecule has 1 aromatic heterocycles. The van der Waals surface area contributed by atoms with Crippen LogP contribution < -0.4 is 0 Å². The first-order valence-electron chi connectivity index (χ1n) is 6.72. The van der Waals surface area contributed by atoms with E-state index in [0.717, 1.165) is 25.5 Å². The lowest BCUT2D eigenvalue weighted by Gasteiger charge is -2.37. The normalized spacial score (nSPS) is 24.4. The summed E-state index contributed by atoms with van der Waals surface area (Å²) in [5, 5.41) is 9.58. The second-order valence-electron chi connectivity index (χ2n) is 5.60. The van der Waals surface area contributed by atoms with Crippen molar-refractivity contribution in [3.63, 3.8) is 0 Å². The molecule has 0 saturated carbocycles. The Morgan fingerprint density at radius 1 is 1.40 bits per heavy atom. The average Bonchev–Trinajstić information content (AvgIpc) is 2.38. The first-order chi connectivity index (χ1) is 9.29. The van der Waals surface area contributed by atoms with Crippen molar-refractivity contribution in [2.45, 2.75) is 37.5 Å². The molecule has 0 aromatic carbocycles. The predicted octanol–water partition coefficient (Wildman–Crippen LogP) is 2.57. The highest BCUT2D eigenvalue weighted by Crippen LogP contribution is 2.33. The number of rotatable bonds is 3. The van der Waals surface area contributed by atoms with Gasteiger partial charge < -0.3 is 5.11 Å². The Morgan fingerprint density at radius 3 is 2.75 bits per heavy atom. The molecule has 0 bridgehead atoms. The fraction of sp³-hybridized carbons (Fsp3) is 0.643. The quantitative estimate of drug-likeness (QED) is 0.928. The van der Waals surface area contributed by atoms with Gasteiger partial charge in [-0.05, 0) is 38.4 Å². The van der Waals surface area contributed by atoms with Crippen molar-refractivity contribution >= 4 is 0 Å². The zero-order chi connectivity index (χ0) is 14.8. The molecule has 0 aliphatic carbocycles. The number of hydrogen-bond acceptors (Lipinski definition) is 3. The number of hydrogen-bond donors (Lipinski definition) is 1. The maximum absolute atomic E-state index is 12.7. The van der Waals surface area contributed by atoms with E-state index in [2.05, 4.69) is 4.98 Å². The third-order valence-corrected chi connectivity index (χ3v) is 3.75. The summed E-state index contributed by atoms with van der Waals surface area (Å²) in [6, 6.07) is 5.60. The Labute approximate surface area is 116 Å². The van der Waals surface area contributed by atoms with Crippen LogP contribution >= 0.6 is 0 Å². The molecule has 1 N–H and O–H groups in total. The van der Waals surface area contributed by atoms with Gasteiger partial charge in [-0.25, -0.2) is 0 Å². The first kappa shape index (κ1) is 15.3. The van der Waals surface area contributed by atoms with E-state index in [9.17, 15) is 18.3 Å². The van der Waals surface area contributed by atoms with Gasteiger partial charge in [-0.15, -0.1) is 0 Å². The molecular weight excluding hydrogens is 269 g/mol. The maximum atomic E-state index is 12.7. The fourth-order valence-corrected chi connectivity index (χ4v) is 2.58. The van der Waals surface area contributed by atoms with E-state index in [1.165, 1.54) is 0 Å². The Bertz CT molecular complexity index is 434. The Kier molecular flexibility index (Phi) is 4.34. The molecule has 2 rings (SSSR count). The standard InChI is InChI=1S/C14H19F3N2O/c1-13(20,14(15,16)17)10-19-8-4-5-11(9-19)12-6-2-3-7-18-12/h2-3,6-7,11,20H,4-5,8-10H2,1H3/t11-,13-/m1/s1. The monoisotopic (exact) mass is 288 g/mol. The largest absolute Gasteiger partial charge is 0.418 e. The lowest BCUT2D eigenvalue weighted by Crippen LogP contribution is -2.53. The van der Waals surface area contributed by atoms with Gasteiger partial charge >= 0.3 is 6.18 Å². The predicted molar refractivity (Wildman–Crippen MR) is 69.3 cm³/mol. The number of aliphatic hydroxyl groups is 1. The molecule has 2 heterocycles. The van der Waals surface area contributed by atoms with Crippen molar-refractivity contribution < 1.29 is 18.3 Å². The number of pyridine rings is 1. The summed E-state index contributed by atoms with van der Waals surface area (Å²) in [6.45, 7) is 1.52. The molecule has 0 radical (unpaired) electrons. The highest BCUT2D eigenvalue weighted by atomic mass is 19.4. The molecule has 1 aliphatic heterocycles. The summed E-state index contributed by atoms with van der Waals surface area (Å²) in [6.07, 6.45) is -1.18. The number of piperidine rings is 1. The molecule has 112 valence electrons. The molecule has 0 unspecified atom stereocenters. The minimum atomic E-state index is -4.61. The highest BCUT2D eigenvalue weighted by Gasteiger charge is 2.50. The van der Waals surface area contributed by atoms with Gasteiger partial charge in [0.25, 0.3) is 0 Å². The average molecular weight is 288 g/mol. The van der Waals surface area contributed by atoms with Crippen LogP contribution in [0.15, 0.2) is 24.4 Å². The van der Waals surface area contributed by atoms with E-state index < -0.39 is 11.8 Å². The smallest absolute Gasteiger partial charge is 0.380 e. The number of halogens is 3. The fourth-order valence-electron chi connectivity index (χ4n) is 2.58. The second kappa shape index (κ2) is 5.69. The second-order valence-corrected chi connectivity index (χ2v) is 5.60. The van der Waals surface area contributed by atoms with Crippen molar-refractivity contribution in [3.05, 3.63) is 30.1 Å². The molecule has 1 aromatic rings. The van der Waals surface area contributed by atoms with Crippen LogP contribution in [0.2, 0.25) is 0 Å². The molecule has 3 nitrogen and oxygen atoms in total. The number of alkyl halides is 3. The van der Waals surface area contributed by atoms with E-state index in [-0.39, 0.29) is 12.5 Å². The van der Waals surface area contributed by atoms with Gasteiger partial charge in [-0.2, -0.15) is 13.2 Å². The highest BCUT2D eigenvalue weighted by molar-refractivity contribution is 5.11. The van der Waals surface area contributed by atoms with Crippen LogP contribution in [-0.2, 0) is 0 Å². The minimum Gasteiger partial charge on any atom is -0.380 e. The Balaban J connectivity index is 2.01. The molecule has 0 spiro atoms. The van der Waals surface area contributed by atoms with Gasteiger partial charge in [0.15, 0.2) is 5.60 Å². The number of β-amino-alcohol motifs (C(OH)–C–C–N with tert-alkyl or cyclic N) is 1. The summed E-state index contributed by atoms with van der Waals surface area (Å²) in [4.78, 5) is 5.95. The SMILES string of the molecule is C[C@@](O)(CN1CCC[C@@H](c2ccccn2)C1)C(F)(F)F. The van der Waals surface area contributed by atoms with Crippen molar-refractivity contribution in [1.82, 2.24) is 9.88 Å². The van der Waals surface area contributed by atoms with Crippen LogP contribution in [-0.4, -0.2) is 46.4 Å². The van der Waals surface area contributed by atoms with Gasteiger partial charge in [-0.3, -0.25) is 9.88 Å². The number of nitrogens with zero attached hydrogens (tertiary/aromatic N) is 2. The van der Waals surface area contributed by atoms with Gasteiger partial charge in [0.1, 0.15) is 0 Å². The minimum absolute atomic E-state index is 0.133. The van der Waals surface area contributed by atoms with Gasteiger partial charge in [0, 0.05) is 30.9 Å². The topological polar surface area (TPSA) is 36.4 Å². The van der Waals surface area contributed by atoms with Crippen LogP contribution in [0, 0.1) is 0 Å². The molecule has 1 saturated heterocycles. The van der Waals surface area contributed by atoms with Gasteiger partial charge in [-0.1, -0.05) is 6.07 Å². The van der Waals surface area contributed by atoms with E-state index in [1.807, 2.05) is 18.2 Å². The van der Waals surface area contributed by atoms with Gasteiger partial charge in [0.05, 0.1) is 0 Å². The number of aromatic nitrogens is 1. The lowest BCUT2D eigenvalue weighted by atomic mass is 9.93. The van der Waals surface area contributed by atoms with E-state index in [1.54, 1.807) is 11.1 Å². The zero-order valence-electron chi connectivity index (χ0n) is 11.4. The van der Waals surface area contributed by atoms with E-state index >= 15 is 0 Å². The van der Waals surface area contributed by atoms with Crippen molar-refractivity contribution in [2.24, 2.45) is 0 Å². The van der Waals surface area contributed by atoms with Crippen LogP contribution in [0.1, 0.15) is 31.4 Å². The zero-order valence-corrected chi connectivity index (χ0v) is 11.4. The third-order valence-electron chi connectivity index (χ3n) is 3.75. The van der Waals surface area contributed by atoms with Crippen LogP contribution in [0.3, 0.4) is 0 Å². The lowest BCUT2D eigenvalue weighted by molar-refractivity contribution is -0.258. The first-order valence-corrected chi connectivity index (χ1v) is 6.72. The van der Waals surface area contributed by atoms with Crippen LogP contribution in [0.25, 0.3) is 0 Å². The van der Waals surface area contributed by atoms with Crippen molar-refractivity contribution in [3.8, 4) is 0 Å². The summed E-state index contributed by atoms with van der Waals surface area (Å²) in [5.74, 6) is 0.133. The number of likely N-dealkylation sites (tertiary alicyclic amines) is 1. The Hall–Kier alpha value is -1.14. The van der Waals surface area contributed by atoms with Crippen LogP contribution in [0.4, 0.5) is 13.2 Å². The van der Waals surface area contributed by atoms with E-state index in [4.69, 9.17) is 0 Å². The van der Waals surface area contributed by atoms with Crippen molar-refractivity contribution in [1.29, 1.82) is 0 Å². The van der Waals surface area contributed by atoms with Gasteiger partial charge in [0.2, 0.25) is 0 Å². The molecule has 1 aliphatic rings. The molecule has 1 fully saturated rings. The maximum Gasteiger partial charge on any atom is 0.418 e. The molecular formula is C14H19F3N2O. The van der Waals surface area contributed by atoms with Crippen molar-refractivity contribution in [2.75, 3.05) is 19.6 Å². The van der Waals surface area contributed by atoms with E-state index in [0.29, 0.717) is 13.1 Å².